The molecule has 1 unspecified atom stereocenters. The van der Waals surface area contributed by atoms with Crippen LogP contribution in [0.3, 0.4) is 0 Å². The Hall–Kier alpha value is -0.860. The first-order chi connectivity index (χ1) is 7.63. The third kappa shape index (κ3) is 4.33. The van der Waals surface area contributed by atoms with Crippen LogP contribution < -0.4 is 5.32 Å². The van der Waals surface area contributed by atoms with Crippen LogP contribution in [0.4, 0.5) is 0 Å². The van der Waals surface area contributed by atoms with Gasteiger partial charge in [0.1, 0.15) is 0 Å². The molecule has 90 valence electrons. The van der Waals surface area contributed by atoms with Gasteiger partial charge in [0.25, 0.3) is 0 Å². The van der Waals surface area contributed by atoms with Gasteiger partial charge in [-0.1, -0.05) is 24.3 Å². The normalized spacial score (nSPS) is 13.1. The largest absolute Gasteiger partial charge is 0.317 e. The summed E-state index contributed by atoms with van der Waals surface area (Å²) in [5, 5.41) is 3.27. The second kappa shape index (κ2) is 6.66. The van der Waals surface area contributed by atoms with E-state index < -0.39 is 0 Å². The highest BCUT2D eigenvalue weighted by Gasteiger charge is 2.04. The fourth-order valence-corrected chi connectivity index (χ4v) is 1.72. The van der Waals surface area contributed by atoms with Gasteiger partial charge in [-0.05, 0) is 52.0 Å². The Morgan fingerprint density at radius 3 is 2.62 bits per heavy atom. The maximum absolute atomic E-state index is 3.27. The molecule has 1 rings (SSSR count). The SMILES string of the molecule is CNC(C)CCN(C)Cc1ccccc1C. The molecule has 1 aromatic rings. The van der Waals surface area contributed by atoms with E-state index in [2.05, 4.69) is 55.4 Å². The van der Waals surface area contributed by atoms with E-state index in [1.54, 1.807) is 0 Å². The number of rotatable bonds is 6. The van der Waals surface area contributed by atoms with Crippen LogP contribution in [0.1, 0.15) is 24.5 Å². The highest BCUT2D eigenvalue weighted by Crippen LogP contribution is 2.09. The number of benzene rings is 1. The Morgan fingerprint density at radius 1 is 1.31 bits per heavy atom. The lowest BCUT2D eigenvalue weighted by Crippen LogP contribution is -2.28. The minimum absolute atomic E-state index is 0.597. The summed E-state index contributed by atoms with van der Waals surface area (Å²) >= 11 is 0. The number of hydrogen-bond acceptors (Lipinski definition) is 2. The molecule has 0 aliphatic rings. The Morgan fingerprint density at radius 2 is 2.00 bits per heavy atom. The first-order valence-corrected chi connectivity index (χ1v) is 6.03. The van der Waals surface area contributed by atoms with Gasteiger partial charge in [-0.3, -0.25) is 0 Å². The first-order valence-electron chi connectivity index (χ1n) is 6.03. The molecule has 2 heteroatoms. The Labute approximate surface area is 99.7 Å². The summed E-state index contributed by atoms with van der Waals surface area (Å²) < 4.78 is 0. The Balaban J connectivity index is 2.40. The van der Waals surface area contributed by atoms with Gasteiger partial charge in [0.15, 0.2) is 0 Å². The van der Waals surface area contributed by atoms with E-state index in [-0.39, 0.29) is 0 Å². The lowest BCUT2D eigenvalue weighted by molar-refractivity contribution is 0.306. The molecule has 0 aliphatic heterocycles. The molecule has 0 amide bonds. The van der Waals surface area contributed by atoms with Crippen LogP contribution in [0.2, 0.25) is 0 Å². The van der Waals surface area contributed by atoms with Crippen molar-refractivity contribution in [3.8, 4) is 0 Å². The summed E-state index contributed by atoms with van der Waals surface area (Å²) in [6, 6.07) is 9.21. The predicted octanol–water partition coefficient (Wildman–Crippen LogP) is 2.42. The fraction of sp³-hybridized carbons (Fsp3) is 0.571. The maximum Gasteiger partial charge on any atom is 0.0233 e. The van der Waals surface area contributed by atoms with Crippen molar-refractivity contribution in [3.05, 3.63) is 35.4 Å². The molecular formula is C14H24N2. The third-order valence-corrected chi connectivity index (χ3v) is 3.14. The zero-order valence-electron chi connectivity index (χ0n) is 11.0. The van der Waals surface area contributed by atoms with Gasteiger partial charge in [-0.25, -0.2) is 0 Å². The van der Waals surface area contributed by atoms with Crippen LogP contribution in [-0.4, -0.2) is 31.6 Å². The lowest BCUT2D eigenvalue weighted by Gasteiger charge is -2.20. The first kappa shape index (κ1) is 13.2. The molecule has 0 radical (unpaired) electrons. The number of nitrogens with one attached hydrogen (secondary N) is 1. The molecular weight excluding hydrogens is 196 g/mol. The summed E-state index contributed by atoms with van der Waals surface area (Å²) in [4.78, 5) is 2.39. The molecule has 0 aliphatic carbocycles. The summed E-state index contributed by atoms with van der Waals surface area (Å²) in [7, 11) is 4.21. The third-order valence-electron chi connectivity index (χ3n) is 3.14. The van der Waals surface area contributed by atoms with Gasteiger partial charge < -0.3 is 10.2 Å². The molecule has 2 nitrogen and oxygen atoms in total. The van der Waals surface area contributed by atoms with Gasteiger partial charge in [0, 0.05) is 12.6 Å². The zero-order chi connectivity index (χ0) is 12.0. The summed E-state index contributed by atoms with van der Waals surface area (Å²) in [5.41, 5.74) is 2.82. The molecule has 0 bridgehead atoms. The van der Waals surface area contributed by atoms with E-state index in [4.69, 9.17) is 0 Å². The topological polar surface area (TPSA) is 15.3 Å². The summed E-state index contributed by atoms with van der Waals surface area (Å²) in [6.07, 6.45) is 1.19. The average Bonchev–Trinajstić information content (AvgIpc) is 2.29. The van der Waals surface area contributed by atoms with E-state index in [9.17, 15) is 0 Å². The van der Waals surface area contributed by atoms with Crippen molar-refractivity contribution in [2.24, 2.45) is 0 Å². The van der Waals surface area contributed by atoms with Gasteiger partial charge in [0.2, 0.25) is 0 Å². The second-order valence-corrected chi connectivity index (χ2v) is 4.64. The number of aryl methyl sites for hydroxylation is 1. The average molecular weight is 220 g/mol. The Bertz CT molecular complexity index is 309. The van der Waals surface area contributed by atoms with E-state index in [0.29, 0.717) is 6.04 Å². The highest BCUT2D eigenvalue weighted by atomic mass is 15.1. The van der Waals surface area contributed by atoms with Crippen molar-refractivity contribution in [3.63, 3.8) is 0 Å². The minimum atomic E-state index is 0.597. The molecule has 0 heterocycles. The van der Waals surface area contributed by atoms with Crippen LogP contribution in [-0.2, 0) is 6.54 Å². The van der Waals surface area contributed by atoms with E-state index in [0.717, 1.165) is 13.1 Å². The van der Waals surface area contributed by atoms with Crippen molar-refractivity contribution in [2.45, 2.75) is 32.9 Å². The van der Waals surface area contributed by atoms with Crippen LogP contribution in [0.5, 0.6) is 0 Å². The fourth-order valence-electron chi connectivity index (χ4n) is 1.72. The molecule has 1 aromatic carbocycles. The maximum atomic E-state index is 3.27. The minimum Gasteiger partial charge on any atom is -0.317 e. The molecule has 1 N–H and O–H groups in total. The van der Waals surface area contributed by atoms with Crippen molar-refractivity contribution >= 4 is 0 Å². The molecule has 16 heavy (non-hydrogen) atoms. The monoisotopic (exact) mass is 220 g/mol. The van der Waals surface area contributed by atoms with E-state index in [1.807, 2.05) is 7.05 Å². The van der Waals surface area contributed by atoms with Crippen molar-refractivity contribution < 1.29 is 0 Å². The quantitative estimate of drug-likeness (QED) is 0.792. The predicted molar refractivity (Wildman–Crippen MR) is 70.7 cm³/mol. The molecule has 0 saturated carbocycles. The lowest BCUT2D eigenvalue weighted by atomic mass is 10.1. The molecule has 0 saturated heterocycles. The van der Waals surface area contributed by atoms with Gasteiger partial charge in [-0.2, -0.15) is 0 Å². The number of nitrogens with zero attached hydrogens (tertiary/aromatic N) is 1. The summed E-state index contributed by atoms with van der Waals surface area (Å²) in [6.45, 7) is 6.58. The van der Waals surface area contributed by atoms with Crippen LogP contribution in [0, 0.1) is 6.92 Å². The van der Waals surface area contributed by atoms with Crippen LogP contribution >= 0.6 is 0 Å². The molecule has 1 atom stereocenters. The Kier molecular flexibility index (Phi) is 5.50. The van der Waals surface area contributed by atoms with Crippen molar-refractivity contribution in [1.29, 1.82) is 0 Å². The van der Waals surface area contributed by atoms with Gasteiger partial charge >= 0.3 is 0 Å². The molecule has 0 spiro atoms. The van der Waals surface area contributed by atoms with Gasteiger partial charge in [0.05, 0.1) is 0 Å². The van der Waals surface area contributed by atoms with Crippen LogP contribution in [0.15, 0.2) is 24.3 Å². The second-order valence-electron chi connectivity index (χ2n) is 4.64. The van der Waals surface area contributed by atoms with Gasteiger partial charge in [-0.15, -0.1) is 0 Å². The zero-order valence-corrected chi connectivity index (χ0v) is 11.0. The number of hydrogen-bond donors (Lipinski definition) is 1. The van der Waals surface area contributed by atoms with E-state index >= 15 is 0 Å². The smallest absolute Gasteiger partial charge is 0.0233 e. The summed E-state index contributed by atoms with van der Waals surface area (Å²) in [5.74, 6) is 0. The van der Waals surface area contributed by atoms with Crippen molar-refractivity contribution in [1.82, 2.24) is 10.2 Å². The van der Waals surface area contributed by atoms with Crippen molar-refractivity contribution in [2.75, 3.05) is 20.6 Å². The standard InChI is InChI=1S/C14H24N2/c1-12-7-5-6-8-14(12)11-16(4)10-9-13(2)15-3/h5-8,13,15H,9-11H2,1-4H3. The highest BCUT2D eigenvalue weighted by molar-refractivity contribution is 5.25. The molecule has 0 aromatic heterocycles. The molecule has 0 fully saturated rings. The van der Waals surface area contributed by atoms with Crippen LogP contribution in [0.25, 0.3) is 0 Å². The van der Waals surface area contributed by atoms with E-state index in [1.165, 1.54) is 17.5 Å².